The molecule has 2 fully saturated rings. The Balaban J connectivity index is 1.52. The van der Waals surface area contributed by atoms with Gasteiger partial charge in [-0.1, -0.05) is 25.7 Å². The first-order chi connectivity index (χ1) is 13.5. The second-order valence-electron chi connectivity index (χ2n) is 8.54. The normalized spacial score (nSPS) is 21.7. The van der Waals surface area contributed by atoms with E-state index in [1.165, 1.54) is 25.7 Å². The fraction of sp³-hybridized carbons (Fsp3) is 0.682. The number of aromatic nitrogens is 2. The molecule has 0 spiro atoms. The minimum Gasteiger partial charge on any atom is -0.443 e. The zero-order valence-electron chi connectivity index (χ0n) is 17.4. The minimum atomic E-state index is 0.0237. The van der Waals surface area contributed by atoms with Crippen LogP contribution in [0.3, 0.4) is 0 Å². The van der Waals surface area contributed by atoms with E-state index in [1.807, 2.05) is 13.8 Å². The summed E-state index contributed by atoms with van der Waals surface area (Å²) in [6.07, 6.45) is 9.28. The van der Waals surface area contributed by atoms with Gasteiger partial charge in [0.25, 0.3) is 0 Å². The Hall–Kier alpha value is -2.11. The van der Waals surface area contributed by atoms with Crippen molar-refractivity contribution in [1.29, 1.82) is 0 Å². The van der Waals surface area contributed by atoms with Crippen LogP contribution in [0.4, 0.5) is 5.82 Å². The number of piperidine rings is 1. The molecule has 2 aliphatic rings. The van der Waals surface area contributed by atoms with Crippen LogP contribution in [-0.2, 0) is 4.79 Å². The molecule has 6 heteroatoms. The molecule has 1 N–H and O–H groups in total. The molecule has 1 atom stereocenters. The number of carbonyl (C=O) groups is 1. The first-order valence-corrected chi connectivity index (χ1v) is 10.8. The first kappa shape index (κ1) is 19.2. The molecule has 152 valence electrons. The van der Waals surface area contributed by atoms with Crippen molar-refractivity contribution >= 4 is 22.8 Å². The van der Waals surface area contributed by atoms with Crippen molar-refractivity contribution in [3.05, 3.63) is 17.1 Å². The summed E-state index contributed by atoms with van der Waals surface area (Å²) in [5.41, 5.74) is 1.75. The van der Waals surface area contributed by atoms with E-state index in [9.17, 15) is 4.79 Å². The zero-order chi connectivity index (χ0) is 19.7. The first-order valence-electron chi connectivity index (χ1n) is 10.8. The van der Waals surface area contributed by atoms with E-state index >= 15 is 0 Å². The van der Waals surface area contributed by atoms with Crippen LogP contribution in [0, 0.1) is 26.7 Å². The third-order valence-electron chi connectivity index (χ3n) is 6.41. The van der Waals surface area contributed by atoms with E-state index in [4.69, 9.17) is 9.40 Å². The third-order valence-corrected chi connectivity index (χ3v) is 6.41. The molecule has 6 nitrogen and oxygen atoms in total. The predicted molar refractivity (Wildman–Crippen MR) is 111 cm³/mol. The molecule has 28 heavy (non-hydrogen) atoms. The summed E-state index contributed by atoms with van der Waals surface area (Å²) in [6, 6.07) is 0.358. The van der Waals surface area contributed by atoms with E-state index in [0.29, 0.717) is 24.1 Å². The minimum absolute atomic E-state index is 0.0237. The number of furan rings is 1. The van der Waals surface area contributed by atoms with Crippen molar-refractivity contribution < 1.29 is 9.21 Å². The standard InChI is InChI=1S/C22H32N4O2/c1-14-15(2)28-22-19(14)20(23-16(3)24-22)26-12-8-9-17(13-26)21(27)25-18-10-6-4-5-7-11-18/h17-18H,4-13H2,1-3H3,(H,25,27)/t17-/m1/s1. The number of anilines is 1. The number of rotatable bonds is 3. The van der Waals surface area contributed by atoms with E-state index < -0.39 is 0 Å². The van der Waals surface area contributed by atoms with Gasteiger partial charge in [-0.25, -0.2) is 4.98 Å². The van der Waals surface area contributed by atoms with Gasteiger partial charge in [-0.2, -0.15) is 4.98 Å². The van der Waals surface area contributed by atoms with E-state index in [-0.39, 0.29) is 11.8 Å². The smallest absolute Gasteiger partial charge is 0.231 e. The lowest BCUT2D eigenvalue weighted by molar-refractivity contribution is -0.126. The molecule has 4 rings (SSSR count). The van der Waals surface area contributed by atoms with Gasteiger partial charge in [0.1, 0.15) is 17.4 Å². The Morgan fingerprint density at radius 3 is 2.54 bits per heavy atom. The van der Waals surface area contributed by atoms with E-state index in [2.05, 4.69) is 22.1 Å². The van der Waals surface area contributed by atoms with Gasteiger partial charge in [0, 0.05) is 24.7 Å². The molecular formula is C22H32N4O2. The van der Waals surface area contributed by atoms with Gasteiger partial charge < -0.3 is 14.6 Å². The van der Waals surface area contributed by atoms with Gasteiger partial charge in [-0.15, -0.1) is 0 Å². The SMILES string of the molecule is Cc1nc(N2CCC[C@@H](C(=O)NC3CCCCCC3)C2)c2c(C)c(C)oc2n1. The summed E-state index contributed by atoms with van der Waals surface area (Å²) >= 11 is 0. The number of hydrogen-bond acceptors (Lipinski definition) is 5. The number of amides is 1. The van der Waals surface area contributed by atoms with Crippen LogP contribution in [0.15, 0.2) is 4.42 Å². The molecule has 1 saturated carbocycles. The maximum atomic E-state index is 13.0. The lowest BCUT2D eigenvalue weighted by Gasteiger charge is -2.34. The molecule has 2 aromatic heterocycles. The van der Waals surface area contributed by atoms with Gasteiger partial charge in [0.15, 0.2) is 0 Å². The number of aryl methyl sites for hydroxylation is 3. The summed E-state index contributed by atoms with van der Waals surface area (Å²) in [5, 5.41) is 4.34. The largest absolute Gasteiger partial charge is 0.443 e. The Labute approximate surface area is 167 Å². The molecule has 0 unspecified atom stereocenters. The quantitative estimate of drug-likeness (QED) is 0.803. The summed E-state index contributed by atoms with van der Waals surface area (Å²) < 4.78 is 5.84. The number of nitrogens with zero attached hydrogens (tertiary/aromatic N) is 3. The number of fused-ring (bicyclic) bond motifs is 1. The lowest BCUT2D eigenvalue weighted by atomic mass is 9.96. The maximum absolute atomic E-state index is 13.0. The van der Waals surface area contributed by atoms with Crippen molar-refractivity contribution in [2.24, 2.45) is 5.92 Å². The van der Waals surface area contributed by atoms with Crippen LogP contribution >= 0.6 is 0 Å². The van der Waals surface area contributed by atoms with Crippen LogP contribution in [0.1, 0.15) is 68.5 Å². The third kappa shape index (κ3) is 3.87. The van der Waals surface area contributed by atoms with Crippen LogP contribution in [0.5, 0.6) is 0 Å². The molecule has 0 bridgehead atoms. The Morgan fingerprint density at radius 1 is 1.04 bits per heavy atom. The zero-order valence-corrected chi connectivity index (χ0v) is 17.4. The highest BCUT2D eigenvalue weighted by Crippen LogP contribution is 2.33. The molecule has 0 radical (unpaired) electrons. The van der Waals surface area contributed by atoms with Crippen LogP contribution < -0.4 is 10.2 Å². The van der Waals surface area contributed by atoms with Gasteiger partial charge in [0.2, 0.25) is 11.6 Å². The van der Waals surface area contributed by atoms with E-state index in [1.54, 1.807) is 0 Å². The Morgan fingerprint density at radius 2 is 1.79 bits per heavy atom. The van der Waals surface area contributed by atoms with Crippen molar-refractivity contribution in [3.63, 3.8) is 0 Å². The molecule has 1 saturated heterocycles. The number of carbonyl (C=O) groups excluding carboxylic acids is 1. The van der Waals surface area contributed by atoms with Crippen molar-refractivity contribution in [2.45, 2.75) is 78.2 Å². The number of nitrogens with one attached hydrogen (secondary N) is 1. The molecule has 3 heterocycles. The second-order valence-corrected chi connectivity index (χ2v) is 8.54. The lowest BCUT2D eigenvalue weighted by Crippen LogP contribution is -2.46. The molecule has 0 aromatic carbocycles. The van der Waals surface area contributed by atoms with Gasteiger partial charge in [-0.05, 0) is 46.5 Å². The van der Waals surface area contributed by atoms with Crippen LogP contribution in [0.2, 0.25) is 0 Å². The summed E-state index contributed by atoms with van der Waals surface area (Å²) in [4.78, 5) is 24.4. The van der Waals surface area contributed by atoms with Crippen LogP contribution in [0.25, 0.3) is 11.1 Å². The topological polar surface area (TPSA) is 71.3 Å². The summed E-state index contributed by atoms with van der Waals surface area (Å²) in [7, 11) is 0. The molecule has 1 aliphatic carbocycles. The summed E-state index contributed by atoms with van der Waals surface area (Å²) in [6.45, 7) is 7.56. The van der Waals surface area contributed by atoms with Crippen molar-refractivity contribution in [2.75, 3.05) is 18.0 Å². The molecule has 1 amide bonds. The average molecular weight is 385 g/mol. The van der Waals surface area contributed by atoms with Crippen LogP contribution in [-0.4, -0.2) is 35.0 Å². The Bertz CT molecular complexity index is 852. The number of hydrogen-bond donors (Lipinski definition) is 1. The Kier molecular flexibility index (Phi) is 5.56. The fourth-order valence-corrected chi connectivity index (χ4v) is 4.69. The van der Waals surface area contributed by atoms with E-state index in [0.717, 1.165) is 54.8 Å². The highest BCUT2D eigenvalue weighted by Gasteiger charge is 2.30. The molecule has 1 aliphatic heterocycles. The van der Waals surface area contributed by atoms with Gasteiger partial charge in [-0.3, -0.25) is 4.79 Å². The highest BCUT2D eigenvalue weighted by atomic mass is 16.3. The second kappa shape index (κ2) is 8.10. The van der Waals surface area contributed by atoms with Crippen molar-refractivity contribution in [1.82, 2.24) is 15.3 Å². The van der Waals surface area contributed by atoms with Gasteiger partial charge >= 0.3 is 0 Å². The molecular weight excluding hydrogens is 352 g/mol. The highest BCUT2D eigenvalue weighted by molar-refractivity contribution is 5.90. The average Bonchev–Trinajstić information content (AvgIpc) is 2.86. The monoisotopic (exact) mass is 384 g/mol. The fourth-order valence-electron chi connectivity index (χ4n) is 4.69. The molecule has 2 aromatic rings. The maximum Gasteiger partial charge on any atom is 0.231 e. The van der Waals surface area contributed by atoms with Crippen molar-refractivity contribution in [3.8, 4) is 0 Å². The predicted octanol–water partition coefficient (Wildman–Crippen LogP) is 4.20. The summed E-state index contributed by atoms with van der Waals surface area (Å²) in [5.74, 6) is 2.76. The van der Waals surface area contributed by atoms with Gasteiger partial charge in [0.05, 0.1) is 11.3 Å².